The molecule has 0 aliphatic heterocycles. The number of esters is 2. The molecule has 0 radical (unpaired) electrons. The molecule has 0 spiro atoms. The van der Waals surface area contributed by atoms with Gasteiger partial charge in [0.05, 0.1) is 12.0 Å². The minimum absolute atomic E-state index is 0.0661. The molecule has 1 aliphatic carbocycles. The molecule has 0 amide bonds. The maximum Gasteiger partial charge on any atom is 0.331 e. The van der Waals surface area contributed by atoms with Crippen LogP contribution in [-0.2, 0) is 25.7 Å². The lowest BCUT2D eigenvalue weighted by Gasteiger charge is -2.26. The largest absolute Gasteiger partial charge is 0.458 e. The number of ether oxygens (including phenoxy) is 3. The van der Waals surface area contributed by atoms with Crippen molar-refractivity contribution in [3.05, 3.63) is 59.7 Å². The monoisotopic (exact) mass is 438 g/mol. The molecule has 32 heavy (non-hydrogen) atoms. The Labute approximate surface area is 188 Å². The van der Waals surface area contributed by atoms with Crippen LogP contribution in [0.5, 0.6) is 5.75 Å². The minimum atomic E-state index is -0.487. The van der Waals surface area contributed by atoms with Gasteiger partial charge in [-0.15, -0.1) is 0 Å². The first-order chi connectivity index (χ1) is 15.4. The van der Waals surface area contributed by atoms with Crippen LogP contribution in [0, 0.1) is 5.92 Å². The van der Waals surface area contributed by atoms with E-state index in [1.165, 1.54) is 6.08 Å². The van der Waals surface area contributed by atoms with Crippen LogP contribution >= 0.6 is 0 Å². The van der Waals surface area contributed by atoms with Crippen molar-refractivity contribution in [3.63, 3.8) is 0 Å². The normalized spacial score (nSPS) is 18.4. The second-order valence-electron chi connectivity index (χ2n) is 7.82. The molecule has 1 fully saturated rings. The van der Waals surface area contributed by atoms with Gasteiger partial charge in [0.15, 0.2) is 0 Å². The number of carbonyl (C=O) groups is 2. The van der Waals surface area contributed by atoms with Crippen LogP contribution in [0.25, 0.3) is 6.08 Å². The Morgan fingerprint density at radius 3 is 2.41 bits per heavy atom. The lowest BCUT2D eigenvalue weighted by Crippen LogP contribution is -2.28. The van der Waals surface area contributed by atoms with Gasteiger partial charge < -0.3 is 25.7 Å². The molecule has 0 atom stereocenters. The molecule has 7 heteroatoms. The number of anilines is 2. The van der Waals surface area contributed by atoms with Crippen LogP contribution in [0.1, 0.15) is 43.7 Å². The summed E-state index contributed by atoms with van der Waals surface area (Å²) in [5.74, 6) is -0.287. The van der Waals surface area contributed by atoms with E-state index in [0.717, 1.165) is 31.2 Å². The zero-order valence-electron chi connectivity index (χ0n) is 18.3. The SMILES string of the molecule is CCOC1CCC(C(=O)Oc2ccc(/C=C/C(=O)OCc3ccc(N)cc3N)cc2)CC1. The van der Waals surface area contributed by atoms with Crippen LogP contribution in [0.2, 0.25) is 0 Å². The summed E-state index contributed by atoms with van der Waals surface area (Å²) in [5, 5.41) is 0. The van der Waals surface area contributed by atoms with Gasteiger partial charge in [-0.2, -0.15) is 0 Å². The zero-order chi connectivity index (χ0) is 22.9. The molecule has 170 valence electrons. The fraction of sp³-hybridized carbons (Fsp3) is 0.360. The van der Waals surface area contributed by atoms with Crippen molar-refractivity contribution in [1.82, 2.24) is 0 Å². The Morgan fingerprint density at radius 1 is 1.03 bits per heavy atom. The third kappa shape index (κ3) is 6.85. The lowest BCUT2D eigenvalue weighted by molar-refractivity contribution is -0.141. The van der Waals surface area contributed by atoms with Crippen molar-refractivity contribution < 1.29 is 23.8 Å². The quantitative estimate of drug-likeness (QED) is 0.276. The zero-order valence-corrected chi connectivity index (χ0v) is 18.3. The minimum Gasteiger partial charge on any atom is -0.458 e. The van der Waals surface area contributed by atoms with Crippen LogP contribution in [-0.4, -0.2) is 24.6 Å². The smallest absolute Gasteiger partial charge is 0.331 e. The third-order valence-electron chi connectivity index (χ3n) is 5.46. The number of hydrogen-bond donors (Lipinski definition) is 2. The van der Waals surface area contributed by atoms with E-state index in [-0.39, 0.29) is 24.6 Å². The molecule has 3 rings (SSSR count). The van der Waals surface area contributed by atoms with Gasteiger partial charge in [0, 0.05) is 29.6 Å². The number of benzene rings is 2. The van der Waals surface area contributed by atoms with Crippen molar-refractivity contribution in [2.45, 2.75) is 45.3 Å². The van der Waals surface area contributed by atoms with Crippen LogP contribution in [0.15, 0.2) is 48.5 Å². The molecule has 0 saturated heterocycles. The molecule has 7 nitrogen and oxygen atoms in total. The molecular weight excluding hydrogens is 408 g/mol. The summed E-state index contributed by atoms with van der Waals surface area (Å²) in [6, 6.07) is 12.0. The average molecular weight is 439 g/mol. The van der Waals surface area contributed by atoms with Crippen molar-refractivity contribution >= 4 is 29.4 Å². The average Bonchev–Trinajstić information content (AvgIpc) is 2.78. The third-order valence-corrected chi connectivity index (χ3v) is 5.46. The number of nitrogen functional groups attached to an aromatic ring is 2. The van der Waals surface area contributed by atoms with Gasteiger partial charge in [-0.05, 0) is 68.5 Å². The Kier molecular flexibility index (Phi) is 8.27. The van der Waals surface area contributed by atoms with Crippen LogP contribution in [0.3, 0.4) is 0 Å². The van der Waals surface area contributed by atoms with E-state index in [1.54, 1.807) is 48.5 Å². The van der Waals surface area contributed by atoms with Crippen molar-refractivity contribution in [2.75, 3.05) is 18.1 Å². The Hall–Kier alpha value is -3.32. The number of rotatable bonds is 8. The van der Waals surface area contributed by atoms with Crippen molar-refractivity contribution in [3.8, 4) is 5.75 Å². The van der Waals surface area contributed by atoms with Crippen LogP contribution in [0.4, 0.5) is 11.4 Å². The summed E-state index contributed by atoms with van der Waals surface area (Å²) in [6.07, 6.45) is 6.57. The van der Waals surface area contributed by atoms with Gasteiger partial charge in [-0.25, -0.2) is 4.79 Å². The van der Waals surface area contributed by atoms with Gasteiger partial charge in [0.1, 0.15) is 12.4 Å². The fourth-order valence-electron chi connectivity index (χ4n) is 3.65. The molecule has 2 aromatic carbocycles. The Balaban J connectivity index is 1.45. The molecule has 0 unspecified atom stereocenters. The molecule has 1 saturated carbocycles. The molecular formula is C25H30N2O5. The van der Waals surface area contributed by atoms with E-state index in [9.17, 15) is 9.59 Å². The lowest BCUT2D eigenvalue weighted by atomic mass is 9.87. The Bertz CT molecular complexity index is 947. The van der Waals surface area contributed by atoms with Gasteiger partial charge in [0.25, 0.3) is 0 Å². The molecule has 0 heterocycles. The van der Waals surface area contributed by atoms with E-state index in [2.05, 4.69) is 0 Å². The molecule has 4 N–H and O–H groups in total. The van der Waals surface area contributed by atoms with Crippen molar-refractivity contribution in [2.24, 2.45) is 5.92 Å². The number of hydrogen-bond acceptors (Lipinski definition) is 7. The van der Waals surface area contributed by atoms with E-state index in [1.807, 2.05) is 6.92 Å². The summed E-state index contributed by atoms with van der Waals surface area (Å²) < 4.78 is 16.4. The summed E-state index contributed by atoms with van der Waals surface area (Å²) in [6.45, 7) is 2.76. The standard InChI is InChI=1S/C25H30N2O5/c1-2-30-21-12-7-18(8-13-21)25(29)32-22-10-3-17(4-11-22)5-14-24(28)31-16-19-6-9-20(26)15-23(19)27/h3-6,9-11,14-15,18,21H,2,7-8,12-13,16,26-27H2,1H3/b14-5+. The first-order valence-corrected chi connectivity index (χ1v) is 10.9. The van der Waals surface area contributed by atoms with Gasteiger partial charge in [0.2, 0.25) is 0 Å². The summed E-state index contributed by atoms with van der Waals surface area (Å²) in [4.78, 5) is 24.4. The maximum absolute atomic E-state index is 12.4. The second kappa shape index (κ2) is 11.3. The Morgan fingerprint density at radius 2 is 1.75 bits per heavy atom. The predicted molar refractivity (Wildman–Crippen MR) is 124 cm³/mol. The fourth-order valence-corrected chi connectivity index (χ4v) is 3.65. The second-order valence-corrected chi connectivity index (χ2v) is 7.82. The molecule has 1 aliphatic rings. The highest BCUT2D eigenvalue weighted by Crippen LogP contribution is 2.28. The highest BCUT2D eigenvalue weighted by atomic mass is 16.5. The van der Waals surface area contributed by atoms with Crippen LogP contribution < -0.4 is 16.2 Å². The molecule has 2 aromatic rings. The van der Waals surface area contributed by atoms with E-state index in [0.29, 0.717) is 29.3 Å². The van der Waals surface area contributed by atoms with E-state index in [4.69, 9.17) is 25.7 Å². The molecule has 0 bridgehead atoms. The summed E-state index contributed by atoms with van der Waals surface area (Å²) >= 11 is 0. The first kappa shape index (κ1) is 23.3. The highest BCUT2D eigenvalue weighted by Gasteiger charge is 2.27. The van der Waals surface area contributed by atoms with E-state index < -0.39 is 5.97 Å². The van der Waals surface area contributed by atoms with Gasteiger partial charge >= 0.3 is 11.9 Å². The highest BCUT2D eigenvalue weighted by molar-refractivity contribution is 5.87. The topological polar surface area (TPSA) is 114 Å². The van der Waals surface area contributed by atoms with E-state index >= 15 is 0 Å². The maximum atomic E-state index is 12.4. The number of carbonyl (C=O) groups excluding carboxylic acids is 2. The van der Waals surface area contributed by atoms with Gasteiger partial charge in [-0.1, -0.05) is 18.2 Å². The summed E-state index contributed by atoms with van der Waals surface area (Å²) in [7, 11) is 0. The summed E-state index contributed by atoms with van der Waals surface area (Å²) in [5.41, 5.74) is 14.0. The van der Waals surface area contributed by atoms with Crippen molar-refractivity contribution in [1.29, 1.82) is 0 Å². The predicted octanol–water partition coefficient (Wildman–Crippen LogP) is 4.11. The number of nitrogens with two attached hydrogens (primary N) is 2. The molecule has 0 aromatic heterocycles. The first-order valence-electron chi connectivity index (χ1n) is 10.9. The van der Waals surface area contributed by atoms with Gasteiger partial charge in [-0.3, -0.25) is 4.79 Å².